The zero-order valence-electron chi connectivity index (χ0n) is 8.32. The summed E-state index contributed by atoms with van der Waals surface area (Å²) in [5.41, 5.74) is 2.47. The van der Waals surface area contributed by atoms with Gasteiger partial charge >= 0.3 is 0 Å². The molecule has 1 aromatic heterocycles. The van der Waals surface area contributed by atoms with Crippen molar-refractivity contribution in [3.63, 3.8) is 0 Å². The van der Waals surface area contributed by atoms with Gasteiger partial charge in [0, 0.05) is 31.1 Å². The molecule has 4 N–H and O–H groups in total. The van der Waals surface area contributed by atoms with Gasteiger partial charge in [-0.05, 0) is 0 Å². The Morgan fingerprint density at radius 3 is 3.07 bits per heavy atom. The molecule has 0 spiro atoms. The highest BCUT2D eigenvalue weighted by atomic mass is 32.1. The van der Waals surface area contributed by atoms with Gasteiger partial charge in [0.25, 0.3) is 0 Å². The SMILES string of the molecule is CN=C(NN)NCC(C)c1nccs1. The molecular weight excluding hydrogens is 198 g/mol. The number of thiazole rings is 1. The van der Waals surface area contributed by atoms with Crippen LogP contribution in [0.3, 0.4) is 0 Å². The first-order valence-corrected chi connectivity index (χ1v) is 5.22. The summed E-state index contributed by atoms with van der Waals surface area (Å²) < 4.78 is 0. The molecule has 78 valence electrons. The molecule has 0 aliphatic carbocycles. The van der Waals surface area contributed by atoms with Crippen LogP contribution in [0.2, 0.25) is 0 Å². The second-order valence-electron chi connectivity index (χ2n) is 2.87. The first kappa shape index (κ1) is 10.9. The highest BCUT2D eigenvalue weighted by Gasteiger charge is 2.07. The van der Waals surface area contributed by atoms with Crippen LogP contribution >= 0.6 is 11.3 Å². The van der Waals surface area contributed by atoms with Crippen LogP contribution in [0.25, 0.3) is 0 Å². The van der Waals surface area contributed by atoms with Gasteiger partial charge in [-0.1, -0.05) is 6.92 Å². The maximum Gasteiger partial charge on any atom is 0.205 e. The summed E-state index contributed by atoms with van der Waals surface area (Å²) in [5, 5.41) is 6.18. The van der Waals surface area contributed by atoms with Crippen LogP contribution in [-0.2, 0) is 0 Å². The molecule has 0 radical (unpaired) electrons. The molecule has 1 heterocycles. The van der Waals surface area contributed by atoms with Gasteiger partial charge in [0.15, 0.2) is 0 Å². The van der Waals surface area contributed by atoms with Crippen molar-refractivity contribution in [3.8, 4) is 0 Å². The number of nitrogens with two attached hydrogens (primary N) is 1. The summed E-state index contributed by atoms with van der Waals surface area (Å²) in [6, 6.07) is 0. The van der Waals surface area contributed by atoms with Gasteiger partial charge in [-0.15, -0.1) is 11.3 Å². The number of guanidine groups is 1. The number of hydrazine groups is 1. The molecule has 14 heavy (non-hydrogen) atoms. The van der Waals surface area contributed by atoms with E-state index in [1.54, 1.807) is 18.4 Å². The third kappa shape index (κ3) is 2.97. The van der Waals surface area contributed by atoms with E-state index < -0.39 is 0 Å². The average molecular weight is 213 g/mol. The Kier molecular flexibility index (Phi) is 4.34. The van der Waals surface area contributed by atoms with Crippen molar-refractivity contribution in [1.82, 2.24) is 15.7 Å². The van der Waals surface area contributed by atoms with Crippen LogP contribution in [0, 0.1) is 0 Å². The van der Waals surface area contributed by atoms with Crippen molar-refractivity contribution < 1.29 is 0 Å². The molecule has 0 bridgehead atoms. The number of aliphatic imine (C=N–C) groups is 1. The van der Waals surface area contributed by atoms with E-state index in [2.05, 4.69) is 27.6 Å². The minimum atomic E-state index is 0.361. The summed E-state index contributed by atoms with van der Waals surface area (Å²) in [6.45, 7) is 2.88. The second kappa shape index (κ2) is 5.56. The lowest BCUT2D eigenvalue weighted by molar-refractivity contribution is 0.699. The summed E-state index contributed by atoms with van der Waals surface area (Å²) in [7, 11) is 1.68. The Morgan fingerprint density at radius 2 is 2.57 bits per heavy atom. The van der Waals surface area contributed by atoms with Crippen LogP contribution < -0.4 is 16.6 Å². The van der Waals surface area contributed by atoms with E-state index in [1.807, 2.05) is 11.6 Å². The van der Waals surface area contributed by atoms with E-state index in [0.29, 0.717) is 11.9 Å². The number of nitrogens with zero attached hydrogens (tertiary/aromatic N) is 2. The van der Waals surface area contributed by atoms with Gasteiger partial charge in [-0.25, -0.2) is 10.8 Å². The molecule has 0 saturated carbocycles. The third-order valence-electron chi connectivity index (χ3n) is 1.81. The molecule has 1 rings (SSSR count). The van der Waals surface area contributed by atoms with Crippen LogP contribution in [-0.4, -0.2) is 24.5 Å². The Labute approximate surface area is 87.4 Å². The Hall–Kier alpha value is -1.14. The highest BCUT2D eigenvalue weighted by molar-refractivity contribution is 7.09. The molecule has 0 aliphatic rings. The molecule has 0 aromatic carbocycles. The average Bonchev–Trinajstić information content (AvgIpc) is 2.72. The molecule has 5 nitrogen and oxygen atoms in total. The minimum Gasteiger partial charge on any atom is -0.355 e. The van der Waals surface area contributed by atoms with Gasteiger partial charge in [-0.3, -0.25) is 10.4 Å². The van der Waals surface area contributed by atoms with Crippen molar-refractivity contribution in [2.45, 2.75) is 12.8 Å². The normalized spacial score (nSPS) is 13.8. The fourth-order valence-corrected chi connectivity index (χ4v) is 1.71. The molecule has 0 saturated heterocycles. The third-order valence-corrected chi connectivity index (χ3v) is 2.82. The molecule has 1 unspecified atom stereocenters. The van der Waals surface area contributed by atoms with Crippen molar-refractivity contribution in [2.24, 2.45) is 10.8 Å². The van der Waals surface area contributed by atoms with Crippen molar-refractivity contribution in [3.05, 3.63) is 16.6 Å². The second-order valence-corrected chi connectivity index (χ2v) is 3.79. The lowest BCUT2D eigenvalue weighted by Gasteiger charge is -2.11. The van der Waals surface area contributed by atoms with Crippen LogP contribution in [0.4, 0.5) is 0 Å². The summed E-state index contributed by atoms with van der Waals surface area (Å²) in [4.78, 5) is 8.14. The Balaban J connectivity index is 2.39. The first-order chi connectivity index (χ1) is 6.77. The topological polar surface area (TPSA) is 75.3 Å². The molecular formula is C8H15N5S. The lowest BCUT2D eigenvalue weighted by Crippen LogP contribution is -2.42. The number of aromatic nitrogens is 1. The first-order valence-electron chi connectivity index (χ1n) is 4.34. The maximum atomic E-state index is 5.23. The molecule has 1 aromatic rings. The zero-order chi connectivity index (χ0) is 10.4. The number of nitrogens with one attached hydrogen (secondary N) is 2. The monoisotopic (exact) mass is 213 g/mol. The van der Waals surface area contributed by atoms with Crippen LogP contribution in [0.1, 0.15) is 17.8 Å². The van der Waals surface area contributed by atoms with Crippen LogP contribution in [0.5, 0.6) is 0 Å². The van der Waals surface area contributed by atoms with Crippen LogP contribution in [0.15, 0.2) is 16.6 Å². The van der Waals surface area contributed by atoms with E-state index >= 15 is 0 Å². The minimum absolute atomic E-state index is 0.361. The Bertz CT molecular complexity index is 282. The van der Waals surface area contributed by atoms with Gasteiger partial charge in [0.2, 0.25) is 5.96 Å². The Morgan fingerprint density at radius 1 is 1.79 bits per heavy atom. The summed E-state index contributed by atoms with van der Waals surface area (Å²) >= 11 is 1.66. The highest BCUT2D eigenvalue weighted by Crippen LogP contribution is 2.15. The summed E-state index contributed by atoms with van der Waals surface area (Å²) in [6.07, 6.45) is 1.81. The van der Waals surface area contributed by atoms with Crippen molar-refractivity contribution in [2.75, 3.05) is 13.6 Å². The smallest absolute Gasteiger partial charge is 0.205 e. The fourth-order valence-electron chi connectivity index (χ4n) is 1.01. The van der Waals surface area contributed by atoms with E-state index in [0.717, 1.165) is 11.6 Å². The quantitative estimate of drug-likeness (QED) is 0.292. The van der Waals surface area contributed by atoms with Gasteiger partial charge in [0.1, 0.15) is 0 Å². The number of hydrogen-bond acceptors (Lipinski definition) is 4. The van der Waals surface area contributed by atoms with Gasteiger partial charge in [-0.2, -0.15) is 0 Å². The van der Waals surface area contributed by atoms with Gasteiger partial charge < -0.3 is 5.32 Å². The van der Waals surface area contributed by atoms with Gasteiger partial charge in [0.05, 0.1) is 5.01 Å². The molecule has 0 amide bonds. The summed E-state index contributed by atoms with van der Waals surface area (Å²) in [5.74, 6) is 6.18. The van der Waals surface area contributed by atoms with E-state index in [-0.39, 0.29) is 0 Å². The predicted octanol–water partition coefficient (Wildman–Crippen LogP) is 0.285. The number of rotatable bonds is 3. The largest absolute Gasteiger partial charge is 0.355 e. The molecule has 1 atom stereocenters. The molecule has 6 heteroatoms. The van der Waals surface area contributed by atoms with E-state index in [9.17, 15) is 0 Å². The fraction of sp³-hybridized carbons (Fsp3) is 0.500. The van der Waals surface area contributed by atoms with E-state index in [4.69, 9.17) is 5.84 Å². The maximum absolute atomic E-state index is 5.23. The molecule has 0 aliphatic heterocycles. The lowest BCUT2D eigenvalue weighted by atomic mass is 10.2. The van der Waals surface area contributed by atoms with Crippen molar-refractivity contribution >= 4 is 17.3 Å². The van der Waals surface area contributed by atoms with E-state index in [1.165, 1.54) is 0 Å². The zero-order valence-corrected chi connectivity index (χ0v) is 9.14. The van der Waals surface area contributed by atoms with Crippen molar-refractivity contribution in [1.29, 1.82) is 0 Å². The standard InChI is InChI=1S/C8H15N5S/c1-6(7-11-3-4-14-7)5-12-8(10-2)13-9/h3-4,6H,5,9H2,1-2H3,(H2,10,12,13). The predicted molar refractivity (Wildman–Crippen MR) is 59.2 cm³/mol. The number of hydrogen-bond donors (Lipinski definition) is 3. The molecule has 0 fully saturated rings.